The van der Waals surface area contributed by atoms with Crippen molar-refractivity contribution < 1.29 is 17.9 Å². The molecule has 0 radical (unpaired) electrons. The third-order valence-corrected chi connectivity index (χ3v) is 5.92. The van der Waals surface area contributed by atoms with Gasteiger partial charge in [0, 0.05) is 22.4 Å². The fraction of sp³-hybridized carbons (Fsp3) is 0.316. The number of rotatable bonds is 2. The Hall–Kier alpha value is -2.05. The molecule has 1 amide bonds. The molecule has 2 aromatic carbocycles. The Bertz CT molecular complexity index is 941. The summed E-state index contributed by atoms with van der Waals surface area (Å²) in [5, 5.41) is 0.560. The van der Waals surface area contributed by atoms with Crippen LogP contribution >= 0.6 is 11.6 Å². The van der Waals surface area contributed by atoms with Gasteiger partial charge in [-0.15, -0.1) is 0 Å². The summed E-state index contributed by atoms with van der Waals surface area (Å²) in [5.74, 6) is 0.450. The predicted octanol–water partition coefficient (Wildman–Crippen LogP) is 3.73. The number of benzene rings is 2. The van der Waals surface area contributed by atoms with E-state index >= 15 is 0 Å². The Morgan fingerprint density at radius 1 is 1.15 bits per heavy atom. The van der Waals surface area contributed by atoms with Gasteiger partial charge in [-0.3, -0.25) is 4.79 Å². The minimum atomic E-state index is -3.35. The molecule has 0 N–H and O–H groups in total. The molecule has 0 saturated heterocycles. The van der Waals surface area contributed by atoms with Gasteiger partial charge in [0.2, 0.25) is 0 Å². The van der Waals surface area contributed by atoms with Crippen LogP contribution in [-0.4, -0.2) is 38.1 Å². The number of sulfone groups is 1. The molecule has 2 aromatic rings. The van der Waals surface area contributed by atoms with Gasteiger partial charge in [0.15, 0.2) is 9.84 Å². The normalized spacial score (nSPS) is 20.1. The fourth-order valence-corrected chi connectivity index (χ4v) is 3.94. The van der Waals surface area contributed by atoms with Crippen LogP contribution in [0.3, 0.4) is 0 Å². The average molecular weight is 394 g/mol. The van der Waals surface area contributed by atoms with Gasteiger partial charge in [-0.25, -0.2) is 8.42 Å². The molecule has 1 aliphatic heterocycles. The number of carbonyl (C=O) groups excluding carboxylic acids is 1. The predicted molar refractivity (Wildman–Crippen MR) is 101 cm³/mol. The first kappa shape index (κ1) is 18.7. The van der Waals surface area contributed by atoms with E-state index in [1.807, 2.05) is 13.8 Å². The quantitative estimate of drug-likeness (QED) is 0.779. The van der Waals surface area contributed by atoms with Crippen molar-refractivity contribution >= 4 is 27.3 Å². The highest BCUT2D eigenvalue weighted by atomic mass is 35.5. The lowest BCUT2D eigenvalue weighted by Crippen LogP contribution is -2.41. The lowest BCUT2D eigenvalue weighted by molar-refractivity contribution is 0.0576. The molecule has 3 rings (SSSR count). The van der Waals surface area contributed by atoms with E-state index < -0.39 is 9.84 Å². The molecule has 0 unspecified atom stereocenters. The number of fused-ring (bicyclic) bond motifs is 1. The summed E-state index contributed by atoms with van der Waals surface area (Å²) in [6, 6.07) is 11.0. The van der Waals surface area contributed by atoms with Gasteiger partial charge in [-0.1, -0.05) is 11.6 Å². The molecule has 1 heterocycles. The Labute approximate surface area is 158 Å². The molecule has 138 valence electrons. The van der Waals surface area contributed by atoms with Gasteiger partial charge in [-0.05, 0) is 56.3 Å². The van der Waals surface area contributed by atoms with Crippen LogP contribution in [0, 0.1) is 0 Å². The molecule has 1 aliphatic rings. The van der Waals surface area contributed by atoms with Crippen molar-refractivity contribution in [2.45, 2.75) is 30.8 Å². The van der Waals surface area contributed by atoms with E-state index in [2.05, 4.69) is 0 Å². The van der Waals surface area contributed by atoms with E-state index in [0.717, 1.165) is 6.26 Å². The molecule has 0 aliphatic carbocycles. The van der Waals surface area contributed by atoms with Crippen molar-refractivity contribution in [2.24, 2.45) is 0 Å². The number of hydrogen-bond donors (Lipinski definition) is 0. The maximum absolute atomic E-state index is 13.1. The first-order valence-electron chi connectivity index (χ1n) is 8.23. The third-order valence-electron chi connectivity index (χ3n) is 4.56. The highest BCUT2D eigenvalue weighted by Crippen LogP contribution is 2.36. The molecule has 2 atom stereocenters. The maximum Gasteiger partial charge on any atom is 0.254 e. The monoisotopic (exact) mass is 393 g/mol. The summed E-state index contributed by atoms with van der Waals surface area (Å²) in [6.07, 6.45) is 1.16. The second-order valence-electron chi connectivity index (χ2n) is 6.53. The highest BCUT2D eigenvalue weighted by Gasteiger charge is 2.33. The Balaban J connectivity index is 2.04. The van der Waals surface area contributed by atoms with E-state index in [1.165, 1.54) is 6.07 Å². The number of halogens is 1. The zero-order valence-corrected chi connectivity index (χ0v) is 16.3. The van der Waals surface area contributed by atoms with E-state index in [0.29, 0.717) is 28.5 Å². The summed E-state index contributed by atoms with van der Waals surface area (Å²) in [5.41, 5.74) is 1.20. The first-order valence-corrected chi connectivity index (χ1v) is 10.5. The lowest BCUT2D eigenvalue weighted by Gasteiger charge is -2.32. The van der Waals surface area contributed by atoms with Crippen molar-refractivity contribution in [1.82, 2.24) is 4.90 Å². The van der Waals surface area contributed by atoms with Crippen molar-refractivity contribution in [3.8, 4) is 5.75 Å². The van der Waals surface area contributed by atoms with Crippen LogP contribution in [0.25, 0.3) is 0 Å². The van der Waals surface area contributed by atoms with E-state index in [1.54, 1.807) is 41.3 Å². The molecule has 26 heavy (non-hydrogen) atoms. The minimum Gasteiger partial charge on any atom is -0.491 e. The van der Waals surface area contributed by atoms with E-state index in [9.17, 15) is 13.2 Å². The van der Waals surface area contributed by atoms with Crippen molar-refractivity contribution in [2.75, 3.05) is 12.9 Å². The standard InChI is InChI=1S/C19H20ClNO4S/c1-12-11-25-18-9-8-16(26(3,23)24)10-17(18)13(2)21(12)19(22)14-4-6-15(20)7-5-14/h4-10,12-13H,11H2,1-3H3/t12-,13+/m1/s1. The molecular weight excluding hydrogens is 374 g/mol. The SMILES string of the molecule is C[C@@H]1COc2ccc(S(C)(=O)=O)cc2[C@H](C)N1C(=O)c1ccc(Cl)cc1. The largest absolute Gasteiger partial charge is 0.491 e. The number of amides is 1. The number of nitrogens with zero attached hydrogens (tertiary/aromatic N) is 1. The zero-order chi connectivity index (χ0) is 19.1. The van der Waals surface area contributed by atoms with Crippen LogP contribution in [0.2, 0.25) is 5.02 Å². The molecular formula is C19H20ClNO4S. The number of ether oxygens (including phenoxy) is 1. The van der Waals surface area contributed by atoms with Crippen LogP contribution in [0.15, 0.2) is 47.4 Å². The van der Waals surface area contributed by atoms with Gasteiger partial charge in [-0.2, -0.15) is 0 Å². The summed E-state index contributed by atoms with van der Waals surface area (Å²) in [6.45, 7) is 4.12. The van der Waals surface area contributed by atoms with Crippen molar-refractivity contribution in [3.63, 3.8) is 0 Å². The zero-order valence-electron chi connectivity index (χ0n) is 14.8. The van der Waals surface area contributed by atoms with Crippen molar-refractivity contribution in [1.29, 1.82) is 0 Å². The number of hydrogen-bond acceptors (Lipinski definition) is 4. The third kappa shape index (κ3) is 3.57. The molecule has 0 fully saturated rings. The molecule has 0 bridgehead atoms. The average Bonchev–Trinajstić information content (AvgIpc) is 2.71. The highest BCUT2D eigenvalue weighted by molar-refractivity contribution is 7.90. The number of carbonyl (C=O) groups is 1. The fourth-order valence-electron chi connectivity index (χ4n) is 3.15. The topological polar surface area (TPSA) is 63.7 Å². The molecule has 0 saturated carbocycles. The Morgan fingerprint density at radius 3 is 2.42 bits per heavy atom. The van der Waals surface area contributed by atoms with E-state index in [-0.39, 0.29) is 22.9 Å². The summed E-state index contributed by atoms with van der Waals surface area (Å²) < 4.78 is 29.6. The smallest absolute Gasteiger partial charge is 0.254 e. The van der Waals surface area contributed by atoms with Crippen LogP contribution in [0.4, 0.5) is 0 Å². The molecule has 0 aromatic heterocycles. The van der Waals surface area contributed by atoms with Gasteiger partial charge < -0.3 is 9.64 Å². The van der Waals surface area contributed by atoms with Crippen LogP contribution < -0.4 is 4.74 Å². The Kier molecular flexibility index (Phi) is 4.99. The summed E-state index contributed by atoms with van der Waals surface area (Å²) >= 11 is 5.91. The second kappa shape index (κ2) is 6.93. The first-order chi connectivity index (χ1) is 12.2. The Morgan fingerprint density at radius 2 is 1.81 bits per heavy atom. The van der Waals surface area contributed by atoms with Crippen molar-refractivity contribution in [3.05, 3.63) is 58.6 Å². The summed E-state index contributed by atoms with van der Waals surface area (Å²) in [7, 11) is -3.35. The molecule has 5 nitrogen and oxygen atoms in total. The minimum absolute atomic E-state index is 0.150. The summed E-state index contributed by atoms with van der Waals surface area (Å²) in [4.78, 5) is 15.0. The van der Waals surface area contributed by atoms with Crippen LogP contribution in [0.5, 0.6) is 5.75 Å². The molecule has 7 heteroatoms. The maximum atomic E-state index is 13.1. The van der Waals surface area contributed by atoms with Gasteiger partial charge in [0.25, 0.3) is 5.91 Å². The van der Waals surface area contributed by atoms with Crippen LogP contribution in [0.1, 0.15) is 35.8 Å². The van der Waals surface area contributed by atoms with Gasteiger partial charge in [0.1, 0.15) is 12.4 Å². The van der Waals surface area contributed by atoms with Gasteiger partial charge >= 0.3 is 0 Å². The van der Waals surface area contributed by atoms with E-state index in [4.69, 9.17) is 16.3 Å². The second-order valence-corrected chi connectivity index (χ2v) is 8.98. The molecule has 0 spiro atoms. The lowest BCUT2D eigenvalue weighted by atomic mass is 10.0. The van der Waals surface area contributed by atoms with Crippen LogP contribution in [-0.2, 0) is 9.84 Å². The van der Waals surface area contributed by atoms with Gasteiger partial charge in [0.05, 0.1) is 17.0 Å².